The molecule has 3 atom stereocenters. The highest BCUT2D eigenvalue weighted by Crippen LogP contribution is 2.38. The van der Waals surface area contributed by atoms with E-state index in [4.69, 9.17) is 11.5 Å². The Hall–Kier alpha value is -0.970. The third-order valence-corrected chi connectivity index (χ3v) is 2.98. The molecule has 5 N–H and O–H groups in total. The molecule has 0 saturated heterocycles. The predicted molar refractivity (Wildman–Crippen MR) is 59.0 cm³/mol. The Balaban J connectivity index is 2.94. The third-order valence-electron chi connectivity index (χ3n) is 2.98. The van der Waals surface area contributed by atoms with Gasteiger partial charge in [0.25, 0.3) is 0 Å². The van der Waals surface area contributed by atoms with Crippen LogP contribution in [0.15, 0.2) is 24.3 Å². The molecule has 0 amide bonds. The quantitative estimate of drug-likeness (QED) is 0.557. The smallest absolute Gasteiger partial charge is 0.132 e. The number of carbonyl (C=O) groups excluding carboxylic acids is 1. The molecular formula is C11H18N2O2. The summed E-state index contributed by atoms with van der Waals surface area (Å²) in [5, 5.41) is 10.4. The molecule has 1 aliphatic rings. The minimum atomic E-state index is -1.23. The van der Waals surface area contributed by atoms with E-state index in [9.17, 15) is 9.90 Å². The van der Waals surface area contributed by atoms with Crippen molar-refractivity contribution in [2.24, 2.45) is 16.9 Å². The van der Waals surface area contributed by atoms with Crippen LogP contribution in [0.3, 0.4) is 0 Å². The molecule has 84 valence electrons. The average molecular weight is 210 g/mol. The molecule has 1 aliphatic carbocycles. The van der Waals surface area contributed by atoms with Crippen molar-refractivity contribution in [3.63, 3.8) is 0 Å². The normalized spacial score (nSPS) is 36.5. The summed E-state index contributed by atoms with van der Waals surface area (Å²) in [7, 11) is 0. The van der Waals surface area contributed by atoms with Gasteiger partial charge < -0.3 is 21.4 Å². The van der Waals surface area contributed by atoms with Gasteiger partial charge in [0.1, 0.15) is 6.29 Å². The van der Waals surface area contributed by atoms with Gasteiger partial charge >= 0.3 is 0 Å². The number of carbonyl (C=O) groups is 1. The summed E-state index contributed by atoms with van der Waals surface area (Å²) >= 11 is 0. The second kappa shape index (κ2) is 4.26. The lowest BCUT2D eigenvalue weighted by Crippen LogP contribution is -2.51. The molecule has 1 rings (SSSR count). The number of rotatable bonds is 4. The molecule has 4 nitrogen and oxygen atoms in total. The van der Waals surface area contributed by atoms with E-state index in [0.717, 1.165) is 6.29 Å². The van der Waals surface area contributed by atoms with Gasteiger partial charge in [-0.05, 0) is 13.3 Å². The first-order chi connectivity index (χ1) is 6.97. The average Bonchev–Trinajstić information content (AvgIpc) is 2.22. The summed E-state index contributed by atoms with van der Waals surface area (Å²) in [4.78, 5) is 11.0. The van der Waals surface area contributed by atoms with E-state index in [-0.39, 0.29) is 19.0 Å². The Bertz CT molecular complexity index is 301. The monoisotopic (exact) mass is 210 g/mol. The molecule has 0 aromatic heterocycles. The van der Waals surface area contributed by atoms with E-state index in [1.165, 1.54) is 0 Å². The maximum absolute atomic E-state index is 11.0. The molecule has 15 heavy (non-hydrogen) atoms. The predicted octanol–water partition coefficient (Wildman–Crippen LogP) is -0.275. The zero-order valence-electron chi connectivity index (χ0n) is 8.89. The van der Waals surface area contributed by atoms with Crippen molar-refractivity contribution in [3.05, 3.63) is 24.3 Å². The zero-order chi connectivity index (χ0) is 11.5. The lowest BCUT2D eigenvalue weighted by atomic mass is 9.69. The molecule has 0 radical (unpaired) electrons. The summed E-state index contributed by atoms with van der Waals surface area (Å²) in [6.07, 6.45) is 7.78. The van der Waals surface area contributed by atoms with Crippen molar-refractivity contribution in [1.29, 1.82) is 0 Å². The van der Waals surface area contributed by atoms with E-state index in [2.05, 4.69) is 0 Å². The van der Waals surface area contributed by atoms with Crippen LogP contribution < -0.4 is 11.5 Å². The fourth-order valence-corrected chi connectivity index (χ4v) is 1.71. The molecule has 0 aromatic carbocycles. The van der Waals surface area contributed by atoms with Crippen LogP contribution in [-0.4, -0.2) is 29.6 Å². The molecule has 0 bridgehead atoms. The molecule has 0 fully saturated rings. The highest BCUT2D eigenvalue weighted by atomic mass is 16.3. The van der Waals surface area contributed by atoms with Crippen LogP contribution in [0.25, 0.3) is 0 Å². The van der Waals surface area contributed by atoms with Gasteiger partial charge in [-0.1, -0.05) is 24.3 Å². The van der Waals surface area contributed by atoms with E-state index in [1.807, 2.05) is 0 Å². The summed E-state index contributed by atoms with van der Waals surface area (Å²) < 4.78 is 0. The molecule has 0 spiro atoms. The summed E-state index contributed by atoms with van der Waals surface area (Å²) in [6.45, 7) is 1.97. The molecular weight excluding hydrogens is 192 g/mol. The first-order valence-electron chi connectivity index (χ1n) is 4.99. The minimum Gasteiger partial charge on any atom is -0.384 e. The SMILES string of the molecule is CC1(C=O)C=CC=CC1(O)CC(N)CN. The van der Waals surface area contributed by atoms with Gasteiger partial charge in [0.2, 0.25) is 0 Å². The second-order valence-corrected chi connectivity index (χ2v) is 4.24. The summed E-state index contributed by atoms with van der Waals surface area (Å²) in [5.74, 6) is 0. The summed E-state index contributed by atoms with van der Waals surface area (Å²) in [6, 6.07) is -0.314. The number of hydrogen-bond donors (Lipinski definition) is 3. The minimum absolute atomic E-state index is 0.277. The van der Waals surface area contributed by atoms with Gasteiger partial charge in [0.05, 0.1) is 11.0 Å². The maximum Gasteiger partial charge on any atom is 0.132 e. The van der Waals surface area contributed by atoms with Crippen LogP contribution in [0.2, 0.25) is 0 Å². The molecule has 4 heteroatoms. The topological polar surface area (TPSA) is 89.3 Å². The van der Waals surface area contributed by atoms with E-state index in [0.29, 0.717) is 0 Å². The first-order valence-corrected chi connectivity index (χ1v) is 4.99. The van der Waals surface area contributed by atoms with Crippen LogP contribution in [0.5, 0.6) is 0 Å². The Morgan fingerprint density at radius 2 is 2.07 bits per heavy atom. The van der Waals surface area contributed by atoms with Crippen molar-refractivity contribution in [1.82, 2.24) is 0 Å². The van der Waals surface area contributed by atoms with Crippen molar-refractivity contribution in [2.45, 2.75) is 25.0 Å². The molecule has 3 unspecified atom stereocenters. The summed E-state index contributed by atoms with van der Waals surface area (Å²) in [5.41, 5.74) is 8.96. The van der Waals surface area contributed by atoms with Crippen LogP contribution >= 0.6 is 0 Å². The van der Waals surface area contributed by atoms with E-state index < -0.39 is 11.0 Å². The lowest BCUT2D eigenvalue weighted by molar-refractivity contribution is -0.123. The van der Waals surface area contributed by atoms with Gasteiger partial charge in [0, 0.05) is 12.6 Å². The zero-order valence-corrected chi connectivity index (χ0v) is 8.89. The maximum atomic E-state index is 11.0. The Kier molecular flexibility index (Phi) is 3.44. The van der Waals surface area contributed by atoms with Gasteiger partial charge in [0.15, 0.2) is 0 Å². The standard InChI is InChI=1S/C11H18N2O2/c1-10(8-14)4-2-3-5-11(10,15)6-9(13)7-12/h2-5,8-9,15H,6-7,12-13H2,1H3. The van der Waals surface area contributed by atoms with Crippen LogP contribution in [0.4, 0.5) is 0 Å². The Morgan fingerprint density at radius 3 is 2.60 bits per heavy atom. The molecule has 0 aliphatic heterocycles. The molecule has 0 heterocycles. The Labute approximate surface area is 89.6 Å². The number of hydrogen-bond acceptors (Lipinski definition) is 4. The van der Waals surface area contributed by atoms with Crippen molar-refractivity contribution < 1.29 is 9.90 Å². The van der Waals surface area contributed by atoms with E-state index in [1.54, 1.807) is 31.2 Å². The number of nitrogens with two attached hydrogens (primary N) is 2. The number of aliphatic hydroxyl groups is 1. The third kappa shape index (κ3) is 2.17. The van der Waals surface area contributed by atoms with Gasteiger partial charge in [-0.2, -0.15) is 0 Å². The van der Waals surface area contributed by atoms with Crippen molar-refractivity contribution in [3.8, 4) is 0 Å². The van der Waals surface area contributed by atoms with Crippen LogP contribution in [0.1, 0.15) is 13.3 Å². The fourth-order valence-electron chi connectivity index (χ4n) is 1.71. The fraction of sp³-hybridized carbons (Fsp3) is 0.545. The lowest BCUT2D eigenvalue weighted by Gasteiger charge is -2.40. The first kappa shape index (κ1) is 12.1. The second-order valence-electron chi connectivity index (χ2n) is 4.24. The molecule has 0 saturated carbocycles. The molecule has 0 aromatic rings. The van der Waals surface area contributed by atoms with Crippen LogP contribution in [0, 0.1) is 5.41 Å². The number of allylic oxidation sites excluding steroid dienone is 2. The highest BCUT2D eigenvalue weighted by Gasteiger charge is 2.45. The van der Waals surface area contributed by atoms with Crippen molar-refractivity contribution in [2.75, 3.05) is 6.54 Å². The van der Waals surface area contributed by atoms with E-state index >= 15 is 0 Å². The largest absolute Gasteiger partial charge is 0.384 e. The van der Waals surface area contributed by atoms with Gasteiger partial charge in [-0.25, -0.2) is 0 Å². The Morgan fingerprint density at radius 1 is 1.47 bits per heavy atom. The highest BCUT2D eigenvalue weighted by molar-refractivity contribution is 5.66. The van der Waals surface area contributed by atoms with Crippen LogP contribution in [-0.2, 0) is 4.79 Å². The number of aldehydes is 1. The van der Waals surface area contributed by atoms with Gasteiger partial charge in [-0.15, -0.1) is 0 Å². The van der Waals surface area contributed by atoms with Crippen molar-refractivity contribution >= 4 is 6.29 Å². The van der Waals surface area contributed by atoms with Gasteiger partial charge in [-0.3, -0.25) is 0 Å².